The van der Waals surface area contributed by atoms with Crippen molar-refractivity contribution < 1.29 is 4.79 Å². The van der Waals surface area contributed by atoms with E-state index >= 15 is 0 Å². The zero-order chi connectivity index (χ0) is 12.2. The van der Waals surface area contributed by atoms with Gasteiger partial charge >= 0.3 is 6.03 Å². The highest BCUT2D eigenvalue weighted by molar-refractivity contribution is 6.06. The number of amidine groups is 1. The second-order valence-corrected chi connectivity index (χ2v) is 5.73. The zero-order valence-corrected chi connectivity index (χ0v) is 10.5. The lowest BCUT2D eigenvalue weighted by Gasteiger charge is -2.35. The molecule has 2 fully saturated rings. The summed E-state index contributed by atoms with van der Waals surface area (Å²) in [4.78, 5) is 20.3. The van der Waals surface area contributed by atoms with Crippen LogP contribution in [0.4, 0.5) is 4.79 Å². The Kier molecular flexibility index (Phi) is 2.23. The van der Waals surface area contributed by atoms with E-state index in [4.69, 9.17) is 5.73 Å². The summed E-state index contributed by atoms with van der Waals surface area (Å²) in [6.07, 6.45) is 3.15. The van der Waals surface area contributed by atoms with Gasteiger partial charge < -0.3 is 10.6 Å². The normalized spacial score (nSPS) is 34.2. The number of hydrogen-bond acceptors (Lipinski definition) is 3. The van der Waals surface area contributed by atoms with Crippen molar-refractivity contribution in [2.75, 3.05) is 13.1 Å². The summed E-state index contributed by atoms with van der Waals surface area (Å²) in [6, 6.07) is 0.772. The van der Waals surface area contributed by atoms with Gasteiger partial charge in [-0.2, -0.15) is 4.99 Å². The number of nitrogens with zero attached hydrogens (tertiary/aromatic N) is 3. The van der Waals surface area contributed by atoms with Crippen LogP contribution in [0, 0.1) is 0 Å². The Balaban J connectivity index is 1.89. The van der Waals surface area contributed by atoms with Crippen LogP contribution in [0.2, 0.25) is 0 Å². The highest BCUT2D eigenvalue weighted by atomic mass is 16.2. The van der Waals surface area contributed by atoms with Crippen LogP contribution in [0.1, 0.15) is 33.1 Å². The van der Waals surface area contributed by atoms with E-state index in [1.165, 1.54) is 0 Å². The molecule has 0 aromatic heterocycles. The van der Waals surface area contributed by atoms with Gasteiger partial charge in [-0.25, -0.2) is 4.79 Å². The quantitative estimate of drug-likeness (QED) is 0.771. The predicted octanol–water partition coefficient (Wildman–Crippen LogP) is 0.795. The van der Waals surface area contributed by atoms with Crippen molar-refractivity contribution in [1.29, 1.82) is 0 Å². The smallest absolute Gasteiger partial charge is 0.346 e. The van der Waals surface area contributed by atoms with Crippen molar-refractivity contribution >= 4 is 11.9 Å². The molecule has 2 heterocycles. The monoisotopic (exact) mass is 236 g/mol. The van der Waals surface area contributed by atoms with Gasteiger partial charge in [0.1, 0.15) is 11.4 Å². The Hall–Kier alpha value is -1.10. The first kappa shape index (κ1) is 11.0. The van der Waals surface area contributed by atoms with Crippen LogP contribution in [0.3, 0.4) is 0 Å². The van der Waals surface area contributed by atoms with Crippen LogP contribution in [0.15, 0.2) is 4.99 Å². The Morgan fingerprint density at radius 1 is 1.47 bits per heavy atom. The molecular formula is C12H20N4O. The highest BCUT2D eigenvalue weighted by Crippen LogP contribution is 2.41. The molecule has 1 spiro atoms. The molecule has 2 amide bonds. The van der Waals surface area contributed by atoms with Crippen LogP contribution < -0.4 is 5.73 Å². The minimum atomic E-state index is -0.289. The highest BCUT2D eigenvalue weighted by Gasteiger charge is 2.56. The van der Waals surface area contributed by atoms with Crippen LogP contribution in [-0.4, -0.2) is 52.4 Å². The molecule has 5 heteroatoms. The Bertz CT molecular complexity index is 388. The molecule has 0 bridgehead atoms. The van der Waals surface area contributed by atoms with E-state index in [0.717, 1.165) is 32.4 Å². The van der Waals surface area contributed by atoms with E-state index in [9.17, 15) is 4.79 Å². The fraction of sp³-hybridized carbons (Fsp3) is 0.833. The van der Waals surface area contributed by atoms with E-state index in [-0.39, 0.29) is 11.6 Å². The molecule has 94 valence electrons. The van der Waals surface area contributed by atoms with Crippen LogP contribution in [0.5, 0.6) is 0 Å². The van der Waals surface area contributed by atoms with Gasteiger partial charge in [0.15, 0.2) is 0 Å². The van der Waals surface area contributed by atoms with Gasteiger partial charge in [-0.1, -0.05) is 0 Å². The van der Waals surface area contributed by atoms with Crippen molar-refractivity contribution in [2.45, 2.75) is 50.7 Å². The number of rotatable bonds is 2. The maximum absolute atomic E-state index is 11.9. The standard InChI is InChI=1S/C12H20N4O/c1-8(2)15-6-5-12(7-15)10(13)14-11(17)16(12)9-3-4-9/h8-9H,3-7H2,1-2H3,(H2,13,14,17). The molecule has 0 radical (unpaired) electrons. The molecule has 3 rings (SSSR count). The summed E-state index contributed by atoms with van der Waals surface area (Å²) in [5.74, 6) is 0.539. The molecule has 1 saturated heterocycles. The van der Waals surface area contributed by atoms with Crippen LogP contribution in [-0.2, 0) is 0 Å². The Labute approximate surface area is 102 Å². The number of aliphatic imine (C=N–C) groups is 1. The molecule has 1 saturated carbocycles. The third kappa shape index (κ3) is 1.48. The van der Waals surface area contributed by atoms with Crippen LogP contribution in [0.25, 0.3) is 0 Å². The lowest BCUT2D eigenvalue weighted by atomic mass is 9.95. The summed E-state index contributed by atoms with van der Waals surface area (Å²) in [7, 11) is 0. The number of carbonyl (C=O) groups is 1. The summed E-state index contributed by atoms with van der Waals surface area (Å²) in [5, 5.41) is 0. The molecule has 0 aromatic carbocycles. The fourth-order valence-electron chi connectivity index (χ4n) is 3.07. The molecule has 0 aromatic rings. The minimum Gasteiger partial charge on any atom is -0.385 e. The van der Waals surface area contributed by atoms with Gasteiger partial charge in [-0.3, -0.25) is 4.90 Å². The lowest BCUT2D eigenvalue weighted by molar-refractivity contribution is 0.160. The molecule has 5 nitrogen and oxygen atoms in total. The molecule has 2 N–H and O–H groups in total. The maximum Gasteiger partial charge on any atom is 0.346 e. The number of amides is 2. The number of hydrogen-bond donors (Lipinski definition) is 1. The third-order valence-corrected chi connectivity index (χ3v) is 4.28. The Morgan fingerprint density at radius 2 is 2.18 bits per heavy atom. The van der Waals surface area contributed by atoms with Gasteiger partial charge in [0, 0.05) is 25.2 Å². The average molecular weight is 236 g/mol. The van der Waals surface area contributed by atoms with E-state index in [1.807, 2.05) is 4.90 Å². The molecule has 3 aliphatic rings. The van der Waals surface area contributed by atoms with Gasteiger partial charge in [0.05, 0.1) is 0 Å². The number of urea groups is 1. The van der Waals surface area contributed by atoms with E-state index in [1.54, 1.807) is 0 Å². The molecule has 1 atom stereocenters. The lowest BCUT2D eigenvalue weighted by Crippen LogP contribution is -2.57. The molecule has 17 heavy (non-hydrogen) atoms. The Morgan fingerprint density at radius 3 is 2.71 bits per heavy atom. The number of likely N-dealkylation sites (tertiary alicyclic amines) is 1. The van der Waals surface area contributed by atoms with Gasteiger partial charge in [-0.15, -0.1) is 0 Å². The van der Waals surface area contributed by atoms with Crippen molar-refractivity contribution in [3.63, 3.8) is 0 Å². The van der Waals surface area contributed by atoms with E-state index < -0.39 is 0 Å². The first-order valence-corrected chi connectivity index (χ1v) is 6.46. The number of nitrogens with two attached hydrogens (primary N) is 1. The number of carbonyl (C=O) groups excluding carboxylic acids is 1. The van der Waals surface area contributed by atoms with Crippen molar-refractivity contribution in [2.24, 2.45) is 10.7 Å². The summed E-state index contributed by atoms with van der Waals surface area (Å²) >= 11 is 0. The van der Waals surface area contributed by atoms with Crippen LogP contribution >= 0.6 is 0 Å². The van der Waals surface area contributed by atoms with E-state index in [0.29, 0.717) is 17.9 Å². The maximum atomic E-state index is 11.9. The first-order chi connectivity index (χ1) is 8.04. The van der Waals surface area contributed by atoms with Crippen molar-refractivity contribution in [3.8, 4) is 0 Å². The summed E-state index contributed by atoms with van der Waals surface area (Å²) in [6.45, 7) is 6.22. The third-order valence-electron chi connectivity index (χ3n) is 4.28. The second kappa shape index (κ2) is 3.45. The molecule has 1 unspecified atom stereocenters. The predicted molar refractivity (Wildman–Crippen MR) is 65.9 cm³/mol. The molecular weight excluding hydrogens is 216 g/mol. The van der Waals surface area contributed by atoms with E-state index in [2.05, 4.69) is 23.7 Å². The average Bonchev–Trinajstić information content (AvgIpc) is 2.90. The van der Waals surface area contributed by atoms with Crippen molar-refractivity contribution in [1.82, 2.24) is 9.80 Å². The van der Waals surface area contributed by atoms with Gasteiger partial charge in [-0.05, 0) is 33.1 Å². The zero-order valence-electron chi connectivity index (χ0n) is 10.5. The molecule has 2 aliphatic heterocycles. The minimum absolute atomic E-state index is 0.115. The van der Waals surface area contributed by atoms with Gasteiger partial charge in [0.2, 0.25) is 0 Å². The topological polar surface area (TPSA) is 61.9 Å². The largest absolute Gasteiger partial charge is 0.385 e. The summed E-state index contributed by atoms with van der Waals surface area (Å²) in [5.41, 5.74) is 5.76. The van der Waals surface area contributed by atoms with Crippen molar-refractivity contribution in [3.05, 3.63) is 0 Å². The second-order valence-electron chi connectivity index (χ2n) is 5.73. The summed E-state index contributed by atoms with van der Waals surface area (Å²) < 4.78 is 0. The SMILES string of the molecule is CC(C)N1CCC2(C1)C(N)=NC(=O)N2C1CC1. The molecule has 1 aliphatic carbocycles. The van der Waals surface area contributed by atoms with Gasteiger partial charge in [0.25, 0.3) is 0 Å². The first-order valence-electron chi connectivity index (χ1n) is 6.46. The fourth-order valence-corrected chi connectivity index (χ4v) is 3.07.